The molecule has 0 radical (unpaired) electrons. The molecular formula is C34H31ClN4O5. The maximum absolute atomic E-state index is 13.5. The highest BCUT2D eigenvalue weighted by atomic mass is 35.5. The molecule has 0 saturated carbocycles. The van der Waals surface area contributed by atoms with E-state index in [1.165, 1.54) is 13.3 Å². The van der Waals surface area contributed by atoms with Crippen LogP contribution in [0.4, 0.5) is 5.69 Å². The highest BCUT2D eigenvalue weighted by molar-refractivity contribution is 6.34. The van der Waals surface area contributed by atoms with Crippen molar-refractivity contribution in [3.63, 3.8) is 0 Å². The molecule has 4 aromatic carbocycles. The van der Waals surface area contributed by atoms with Gasteiger partial charge in [0.15, 0.2) is 11.5 Å². The van der Waals surface area contributed by atoms with Gasteiger partial charge in [-0.1, -0.05) is 35.9 Å². The second kappa shape index (κ2) is 13.4. The van der Waals surface area contributed by atoms with Crippen molar-refractivity contribution in [3.8, 4) is 28.4 Å². The van der Waals surface area contributed by atoms with Crippen LogP contribution in [0.2, 0.25) is 5.02 Å². The summed E-state index contributed by atoms with van der Waals surface area (Å²) in [6.45, 7) is 2.18. The predicted molar refractivity (Wildman–Crippen MR) is 174 cm³/mol. The Morgan fingerprint density at radius 2 is 1.80 bits per heavy atom. The molecule has 1 aromatic heterocycles. The van der Waals surface area contributed by atoms with Gasteiger partial charge in [0.1, 0.15) is 11.4 Å². The molecule has 1 heterocycles. The van der Waals surface area contributed by atoms with Gasteiger partial charge in [0.05, 0.1) is 25.5 Å². The number of carbonyl (C=O) groups excluding carboxylic acids is 2. The third-order valence-corrected chi connectivity index (χ3v) is 7.15. The smallest absolute Gasteiger partial charge is 0.343 e. The van der Waals surface area contributed by atoms with Crippen molar-refractivity contribution in [3.05, 3.63) is 107 Å². The average Bonchev–Trinajstić information content (AvgIpc) is 3.41. The number of H-pyrrole nitrogens is 1. The molecule has 1 amide bonds. The van der Waals surface area contributed by atoms with Crippen molar-refractivity contribution >= 4 is 46.3 Å². The molecule has 0 atom stereocenters. The number of carbonyl (C=O) groups is 2. The minimum absolute atomic E-state index is 0.250. The topological polar surface area (TPSA) is 105 Å². The monoisotopic (exact) mass is 610 g/mol. The van der Waals surface area contributed by atoms with Crippen molar-refractivity contribution in [2.24, 2.45) is 5.10 Å². The Hall–Kier alpha value is -5.28. The number of rotatable bonds is 10. The van der Waals surface area contributed by atoms with Crippen LogP contribution >= 0.6 is 11.6 Å². The van der Waals surface area contributed by atoms with Gasteiger partial charge in [0.25, 0.3) is 5.91 Å². The van der Waals surface area contributed by atoms with Crippen LogP contribution < -0.4 is 24.5 Å². The minimum Gasteiger partial charge on any atom is -0.497 e. The Balaban J connectivity index is 1.39. The first-order chi connectivity index (χ1) is 21.3. The number of hydrogen-bond acceptors (Lipinski definition) is 7. The van der Waals surface area contributed by atoms with E-state index in [2.05, 4.69) is 15.5 Å². The number of ether oxygens (including phenoxy) is 3. The summed E-state index contributed by atoms with van der Waals surface area (Å²) >= 11 is 6.58. The van der Waals surface area contributed by atoms with Gasteiger partial charge >= 0.3 is 5.97 Å². The van der Waals surface area contributed by atoms with Crippen LogP contribution in [0, 0.1) is 0 Å². The molecule has 0 bridgehead atoms. The zero-order valence-corrected chi connectivity index (χ0v) is 25.4. The number of halogens is 1. The number of esters is 1. The Bertz CT molecular complexity index is 1860. The van der Waals surface area contributed by atoms with Crippen molar-refractivity contribution in [1.82, 2.24) is 10.4 Å². The van der Waals surface area contributed by atoms with Gasteiger partial charge in [0, 0.05) is 46.8 Å². The number of fused-ring (bicyclic) bond motifs is 1. The molecule has 0 aliphatic rings. The van der Waals surface area contributed by atoms with Crippen LogP contribution in [-0.2, 0) is 0 Å². The van der Waals surface area contributed by atoms with Gasteiger partial charge in [-0.05, 0) is 73.2 Å². The summed E-state index contributed by atoms with van der Waals surface area (Å²) in [5, 5.41) is 5.57. The van der Waals surface area contributed by atoms with Gasteiger partial charge < -0.3 is 24.1 Å². The first-order valence-corrected chi connectivity index (χ1v) is 14.2. The Morgan fingerprint density at radius 1 is 0.977 bits per heavy atom. The van der Waals surface area contributed by atoms with Gasteiger partial charge in [-0.2, -0.15) is 5.10 Å². The molecule has 0 saturated heterocycles. The lowest BCUT2D eigenvalue weighted by atomic mass is 10.0. The van der Waals surface area contributed by atoms with Crippen LogP contribution in [0.1, 0.15) is 33.3 Å². The summed E-state index contributed by atoms with van der Waals surface area (Å²) in [6.07, 6.45) is 1.48. The zero-order chi connectivity index (χ0) is 31.2. The van der Waals surface area contributed by atoms with E-state index in [-0.39, 0.29) is 5.75 Å². The molecule has 0 unspecified atom stereocenters. The van der Waals surface area contributed by atoms with E-state index in [0.717, 1.165) is 22.2 Å². The van der Waals surface area contributed by atoms with Crippen LogP contribution in [-0.4, -0.2) is 50.9 Å². The largest absolute Gasteiger partial charge is 0.497 e. The Labute approximate surface area is 260 Å². The van der Waals surface area contributed by atoms with Gasteiger partial charge in [-0.25, -0.2) is 10.2 Å². The van der Waals surface area contributed by atoms with E-state index >= 15 is 0 Å². The first kappa shape index (κ1) is 30.2. The molecule has 224 valence electrons. The summed E-state index contributed by atoms with van der Waals surface area (Å²) in [6, 6.07) is 25.0. The van der Waals surface area contributed by atoms with E-state index in [1.54, 1.807) is 48.5 Å². The summed E-state index contributed by atoms with van der Waals surface area (Å²) < 4.78 is 16.5. The van der Waals surface area contributed by atoms with Crippen LogP contribution in [0.3, 0.4) is 0 Å². The first-order valence-electron chi connectivity index (χ1n) is 13.8. The number of anilines is 1. The fourth-order valence-corrected chi connectivity index (χ4v) is 4.89. The maximum atomic E-state index is 13.5. The maximum Gasteiger partial charge on any atom is 0.343 e. The number of amides is 1. The molecule has 0 spiro atoms. The SMILES string of the molecule is CCOc1cc(C=NNC(=O)c2[nH]c3ccc(N(C)C)cc3c2-c2ccccc2Cl)ccc1OC(=O)c1cccc(OC)c1. The summed E-state index contributed by atoms with van der Waals surface area (Å²) in [7, 11) is 5.44. The van der Waals surface area contributed by atoms with Gasteiger partial charge in [-0.3, -0.25) is 4.79 Å². The molecule has 2 N–H and O–H groups in total. The molecule has 5 rings (SSSR count). The lowest BCUT2D eigenvalue weighted by Crippen LogP contribution is -2.19. The van der Waals surface area contributed by atoms with Crippen LogP contribution in [0.5, 0.6) is 17.2 Å². The molecule has 10 heteroatoms. The van der Waals surface area contributed by atoms with E-state index in [0.29, 0.717) is 45.5 Å². The minimum atomic E-state index is -0.552. The normalized spacial score (nSPS) is 11.0. The van der Waals surface area contributed by atoms with Crippen LogP contribution in [0.25, 0.3) is 22.0 Å². The molecule has 5 aromatic rings. The van der Waals surface area contributed by atoms with Crippen molar-refractivity contribution in [1.29, 1.82) is 0 Å². The standard InChI is InChI=1S/C34H31ClN4O5/c1-5-43-30-17-21(13-16-29(30)44-34(41)22-9-8-10-24(18-22)42-4)20-36-38-33(40)32-31(25-11-6-7-12-27(25)35)26-19-23(39(2)3)14-15-28(26)37-32/h6-20,37H,5H2,1-4H3,(H,38,40). The third-order valence-electron chi connectivity index (χ3n) is 6.82. The lowest BCUT2D eigenvalue weighted by molar-refractivity contribution is 0.0727. The molecule has 0 aliphatic heterocycles. The van der Waals surface area contributed by atoms with Crippen molar-refractivity contribution in [2.45, 2.75) is 6.92 Å². The number of aromatic amines is 1. The van der Waals surface area contributed by atoms with Crippen molar-refractivity contribution < 1.29 is 23.8 Å². The highest BCUT2D eigenvalue weighted by Gasteiger charge is 2.21. The summed E-state index contributed by atoms with van der Waals surface area (Å²) in [5.74, 6) is 0.159. The molecule has 0 aliphatic carbocycles. The molecule has 0 fully saturated rings. The summed E-state index contributed by atoms with van der Waals surface area (Å²) in [4.78, 5) is 31.4. The van der Waals surface area contributed by atoms with E-state index < -0.39 is 11.9 Å². The molecule has 9 nitrogen and oxygen atoms in total. The van der Waals surface area contributed by atoms with Crippen LogP contribution in [0.15, 0.2) is 90.0 Å². The number of aromatic nitrogens is 1. The molecular weight excluding hydrogens is 580 g/mol. The molecule has 44 heavy (non-hydrogen) atoms. The number of hydrogen-bond donors (Lipinski definition) is 2. The lowest BCUT2D eigenvalue weighted by Gasteiger charge is -2.13. The third kappa shape index (κ3) is 6.53. The van der Waals surface area contributed by atoms with Gasteiger partial charge in [0.2, 0.25) is 0 Å². The van der Waals surface area contributed by atoms with E-state index in [9.17, 15) is 9.59 Å². The number of benzene rings is 4. The number of nitrogens with one attached hydrogen (secondary N) is 2. The fourth-order valence-electron chi connectivity index (χ4n) is 4.66. The van der Waals surface area contributed by atoms with E-state index in [1.807, 2.05) is 62.3 Å². The Kier molecular flexibility index (Phi) is 9.16. The summed E-state index contributed by atoms with van der Waals surface area (Å²) in [5.41, 5.74) is 7.09. The average molecular weight is 611 g/mol. The fraction of sp³-hybridized carbons (Fsp3) is 0.147. The number of methoxy groups -OCH3 is 1. The van der Waals surface area contributed by atoms with E-state index in [4.69, 9.17) is 25.8 Å². The van der Waals surface area contributed by atoms with Crippen molar-refractivity contribution in [2.75, 3.05) is 32.7 Å². The zero-order valence-electron chi connectivity index (χ0n) is 24.7. The Morgan fingerprint density at radius 3 is 2.55 bits per heavy atom. The quantitative estimate of drug-likeness (QED) is 0.0768. The second-order valence-electron chi connectivity index (χ2n) is 9.94. The number of nitrogens with zero attached hydrogens (tertiary/aromatic N) is 2. The highest BCUT2D eigenvalue weighted by Crippen LogP contribution is 2.38. The second-order valence-corrected chi connectivity index (χ2v) is 10.3. The predicted octanol–water partition coefficient (Wildman–Crippen LogP) is 6.94. The number of hydrazone groups is 1. The van der Waals surface area contributed by atoms with Gasteiger partial charge in [-0.15, -0.1) is 0 Å².